The van der Waals surface area contributed by atoms with Gasteiger partial charge in [-0.3, -0.25) is 4.72 Å². The van der Waals surface area contributed by atoms with Gasteiger partial charge in [-0.15, -0.1) is 11.3 Å². The van der Waals surface area contributed by atoms with E-state index in [9.17, 15) is 8.42 Å². The van der Waals surface area contributed by atoms with E-state index < -0.39 is 10.0 Å². The predicted molar refractivity (Wildman–Crippen MR) is 86.0 cm³/mol. The molecule has 2 rings (SSSR count). The third-order valence-corrected chi connectivity index (χ3v) is 5.24. The summed E-state index contributed by atoms with van der Waals surface area (Å²) in [4.78, 5) is 4.41. The van der Waals surface area contributed by atoms with Crippen molar-refractivity contribution in [1.82, 2.24) is 4.98 Å². The molecule has 0 aliphatic rings. The van der Waals surface area contributed by atoms with Crippen LogP contribution in [0.1, 0.15) is 37.6 Å². The molecule has 1 atom stereocenters. The van der Waals surface area contributed by atoms with Gasteiger partial charge in [0.25, 0.3) is 10.0 Å². The zero-order chi connectivity index (χ0) is 15.5. The van der Waals surface area contributed by atoms with Crippen LogP contribution >= 0.6 is 11.3 Å². The first kappa shape index (κ1) is 15.9. The summed E-state index contributed by atoms with van der Waals surface area (Å²) in [6.45, 7) is 3.89. The molecule has 0 bridgehead atoms. The molecule has 114 valence electrons. The fourth-order valence-corrected chi connectivity index (χ4v) is 3.91. The Balaban J connectivity index is 2.17. The Bertz CT molecular complexity index is 691. The van der Waals surface area contributed by atoms with Gasteiger partial charge in [0.2, 0.25) is 0 Å². The second-order valence-corrected chi connectivity index (χ2v) is 7.41. The largest absolute Gasteiger partial charge is 0.323 e. The van der Waals surface area contributed by atoms with E-state index in [-0.39, 0.29) is 10.9 Å². The first-order valence-electron chi connectivity index (χ1n) is 6.75. The van der Waals surface area contributed by atoms with E-state index in [0.29, 0.717) is 10.8 Å². The van der Waals surface area contributed by atoms with Gasteiger partial charge < -0.3 is 5.73 Å². The Morgan fingerprint density at radius 3 is 2.52 bits per heavy atom. The molecule has 5 nitrogen and oxygen atoms in total. The summed E-state index contributed by atoms with van der Waals surface area (Å²) in [5.74, 6) is 0. The standard InChI is InChI=1S/C14H19N3O2S2/c1-3-4-11-5-7-12(8-6-11)21(18,19)17-14-16-13(9-20-14)10(2)15/h5-10H,3-4,15H2,1-2H3,(H,16,17). The van der Waals surface area contributed by atoms with Crippen LogP contribution in [0.3, 0.4) is 0 Å². The quantitative estimate of drug-likeness (QED) is 0.855. The smallest absolute Gasteiger partial charge is 0.263 e. The lowest BCUT2D eigenvalue weighted by atomic mass is 10.1. The summed E-state index contributed by atoms with van der Waals surface area (Å²) >= 11 is 1.23. The van der Waals surface area contributed by atoms with Gasteiger partial charge in [-0.1, -0.05) is 25.5 Å². The van der Waals surface area contributed by atoms with Gasteiger partial charge in [0.15, 0.2) is 5.13 Å². The Hall–Kier alpha value is -1.44. The highest BCUT2D eigenvalue weighted by molar-refractivity contribution is 7.93. The van der Waals surface area contributed by atoms with E-state index in [1.807, 2.05) is 12.1 Å². The normalized spacial score (nSPS) is 13.1. The molecule has 3 N–H and O–H groups in total. The minimum absolute atomic E-state index is 0.215. The fraction of sp³-hybridized carbons (Fsp3) is 0.357. The molecule has 0 aliphatic heterocycles. The van der Waals surface area contributed by atoms with Crippen LogP contribution in [-0.2, 0) is 16.4 Å². The van der Waals surface area contributed by atoms with Gasteiger partial charge >= 0.3 is 0 Å². The van der Waals surface area contributed by atoms with Crippen LogP contribution in [0.5, 0.6) is 0 Å². The van der Waals surface area contributed by atoms with E-state index in [1.165, 1.54) is 11.3 Å². The van der Waals surface area contributed by atoms with E-state index in [2.05, 4.69) is 16.6 Å². The maximum Gasteiger partial charge on any atom is 0.263 e. The summed E-state index contributed by atoms with van der Waals surface area (Å²) in [7, 11) is -3.60. The highest BCUT2D eigenvalue weighted by Crippen LogP contribution is 2.22. The molecule has 0 saturated heterocycles. The Kier molecular flexibility index (Phi) is 4.97. The number of nitrogens with zero attached hydrogens (tertiary/aromatic N) is 1. The second-order valence-electron chi connectivity index (χ2n) is 4.87. The summed E-state index contributed by atoms with van der Waals surface area (Å²) < 4.78 is 27.0. The van der Waals surface area contributed by atoms with Crippen LogP contribution in [-0.4, -0.2) is 13.4 Å². The number of hydrogen-bond donors (Lipinski definition) is 2. The zero-order valence-electron chi connectivity index (χ0n) is 12.0. The number of anilines is 1. The third-order valence-electron chi connectivity index (χ3n) is 2.98. The predicted octanol–water partition coefficient (Wildman–Crippen LogP) is 2.92. The van der Waals surface area contributed by atoms with E-state index in [0.717, 1.165) is 18.4 Å². The Labute approximate surface area is 129 Å². The lowest BCUT2D eigenvalue weighted by Crippen LogP contribution is -2.13. The minimum atomic E-state index is -3.60. The van der Waals surface area contributed by atoms with Gasteiger partial charge in [-0.2, -0.15) is 0 Å². The van der Waals surface area contributed by atoms with E-state index in [1.54, 1.807) is 24.4 Å². The van der Waals surface area contributed by atoms with Gasteiger partial charge in [0.1, 0.15) is 0 Å². The van der Waals surface area contributed by atoms with Crippen LogP contribution in [0, 0.1) is 0 Å². The van der Waals surface area contributed by atoms with Crippen molar-refractivity contribution in [2.75, 3.05) is 4.72 Å². The van der Waals surface area contributed by atoms with Crippen LogP contribution < -0.4 is 10.5 Å². The average molecular weight is 325 g/mol. The molecule has 7 heteroatoms. The molecule has 0 fully saturated rings. The van der Waals surface area contributed by atoms with Gasteiger partial charge in [0, 0.05) is 11.4 Å². The Morgan fingerprint density at radius 2 is 2.00 bits per heavy atom. The third kappa shape index (κ3) is 4.03. The number of aromatic nitrogens is 1. The molecule has 1 unspecified atom stereocenters. The number of hydrogen-bond acceptors (Lipinski definition) is 5. The van der Waals surface area contributed by atoms with Crippen molar-refractivity contribution in [3.8, 4) is 0 Å². The molecule has 1 aromatic carbocycles. The lowest BCUT2D eigenvalue weighted by Gasteiger charge is -2.06. The van der Waals surface area contributed by atoms with E-state index >= 15 is 0 Å². The monoisotopic (exact) mass is 325 g/mol. The van der Waals surface area contributed by atoms with Crippen molar-refractivity contribution in [3.05, 3.63) is 40.9 Å². The maximum absolute atomic E-state index is 12.3. The van der Waals surface area contributed by atoms with Crippen LogP contribution in [0.2, 0.25) is 0 Å². The number of nitrogens with one attached hydrogen (secondary N) is 1. The van der Waals surface area contributed by atoms with Gasteiger partial charge in [-0.05, 0) is 31.0 Å². The summed E-state index contributed by atoms with van der Waals surface area (Å²) in [5, 5.41) is 2.09. The SMILES string of the molecule is CCCc1ccc(S(=O)(=O)Nc2nc(C(C)N)cs2)cc1. The van der Waals surface area contributed by atoms with Crippen molar-refractivity contribution < 1.29 is 8.42 Å². The molecule has 0 radical (unpaired) electrons. The van der Waals surface area contributed by atoms with Crippen molar-refractivity contribution in [2.24, 2.45) is 5.73 Å². The van der Waals surface area contributed by atoms with Gasteiger partial charge in [0.05, 0.1) is 10.6 Å². The molecular formula is C14H19N3O2S2. The molecule has 2 aromatic rings. The van der Waals surface area contributed by atoms with Crippen molar-refractivity contribution in [2.45, 2.75) is 37.6 Å². The summed E-state index contributed by atoms with van der Waals surface area (Å²) in [6, 6.07) is 6.70. The first-order valence-corrected chi connectivity index (χ1v) is 9.11. The maximum atomic E-state index is 12.3. The molecule has 1 aromatic heterocycles. The molecule has 21 heavy (non-hydrogen) atoms. The van der Waals surface area contributed by atoms with Crippen LogP contribution in [0.25, 0.3) is 0 Å². The Morgan fingerprint density at radius 1 is 1.33 bits per heavy atom. The first-order chi connectivity index (χ1) is 9.92. The number of rotatable bonds is 6. The number of aryl methyl sites for hydroxylation is 1. The van der Waals surface area contributed by atoms with E-state index in [4.69, 9.17) is 5.73 Å². The van der Waals surface area contributed by atoms with Crippen LogP contribution in [0.15, 0.2) is 34.5 Å². The topological polar surface area (TPSA) is 85.1 Å². The van der Waals surface area contributed by atoms with Gasteiger partial charge in [-0.25, -0.2) is 13.4 Å². The van der Waals surface area contributed by atoms with Crippen LogP contribution in [0.4, 0.5) is 5.13 Å². The number of thiazole rings is 1. The summed E-state index contributed by atoms with van der Waals surface area (Å²) in [6.07, 6.45) is 1.97. The fourth-order valence-electron chi connectivity index (χ4n) is 1.84. The number of nitrogens with two attached hydrogens (primary N) is 1. The van der Waals surface area contributed by atoms with Crippen molar-refractivity contribution in [1.29, 1.82) is 0 Å². The zero-order valence-corrected chi connectivity index (χ0v) is 13.7. The lowest BCUT2D eigenvalue weighted by molar-refractivity contribution is 0.601. The number of benzene rings is 1. The molecule has 0 aliphatic carbocycles. The summed E-state index contributed by atoms with van der Waals surface area (Å²) in [5.41, 5.74) is 7.52. The minimum Gasteiger partial charge on any atom is -0.323 e. The second kappa shape index (κ2) is 6.55. The molecule has 0 saturated carbocycles. The molecule has 1 heterocycles. The van der Waals surface area contributed by atoms with Crippen molar-refractivity contribution >= 4 is 26.5 Å². The molecule has 0 amide bonds. The molecule has 0 spiro atoms. The molecular weight excluding hydrogens is 306 g/mol. The highest BCUT2D eigenvalue weighted by atomic mass is 32.2. The van der Waals surface area contributed by atoms with Crippen molar-refractivity contribution in [3.63, 3.8) is 0 Å². The number of sulfonamides is 1. The average Bonchev–Trinajstić information content (AvgIpc) is 2.88. The highest BCUT2D eigenvalue weighted by Gasteiger charge is 2.16.